The first-order chi connectivity index (χ1) is 18.8. The Balaban J connectivity index is 1.68. The van der Waals surface area contributed by atoms with Crippen molar-refractivity contribution < 1.29 is 31.5 Å². The second kappa shape index (κ2) is 10.6. The number of benzene rings is 3. The van der Waals surface area contributed by atoms with Crippen molar-refractivity contribution in [2.75, 3.05) is 6.54 Å². The van der Waals surface area contributed by atoms with Crippen molar-refractivity contribution in [3.8, 4) is 0 Å². The van der Waals surface area contributed by atoms with Crippen LogP contribution in [-0.4, -0.2) is 32.9 Å². The quantitative estimate of drug-likeness (QED) is 0.167. The number of amides is 1. The monoisotopic (exact) mass is 541 g/mol. The van der Waals surface area contributed by atoms with Crippen molar-refractivity contribution in [1.82, 2.24) is 14.5 Å². The van der Waals surface area contributed by atoms with Crippen LogP contribution in [0.3, 0.4) is 0 Å². The molecule has 202 valence electrons. The molecule has 1 aliphatic heterocycles. The number of rotatable bonds is 7. The van der Waals surface area contributed by atoms with E-state index in [1.54, 1.807) is 83.4 Å². The lowest BCUT2D eigenvalue weighted by molar-refractivity contribution is -0.0767. The molecular weight excluding hydrogens is 517 g/mol. The van der Waals surface area contributed by atoms with Crippen molar-refractivity contribution in [3.05, 3.63) is 125 Å². The van der Waals surface area contributed by atoms with Crippen LogP contribution in [0.15, 0.2) is 73.1 Å². The molecule has 10 heteroatoms. The number of aromatic nitrogens is 2. The van der Waals surface area contributed by atoms with Crippen LogP contribution in [0.1, 0.15) is 40.2 Å². The van der Waals surface area contributed by atoms with Crippen molar-refractivity contribution >= 4 is 5.91 Å². The lowest BCUT2D eigenvalue weighted by Gasteiger charge is -2.44. The van der Waals surface area contributed by atoms with Crippen LogP contribution in [0.25, 0.3) is 0 Å². The fourth-order valence-corrected chi connectivity index (χ4v) is 5.28. The van der Waals surface area contributed by atoms with Crippen molar-refractivity contribution in [2.45, 2.75) is 31.1 Å². The van der Waals surface area contributed by atoms with Crippen LogP contribution in [-0.2, 0) is 24.0 Å². The summed E-state index contributed by atoms with van der Waals surface area (Å²) < 4.78 is 79.2. The maximum atomic E-state index is 14.7. The molecule has 0 unspecified atom stereocenters. The van der Waals surface area contributed by atoms with Gasteiger partial charge in [0.2, 0.25) is 5.82 Å². The molecule has 5 nitrogen and oxygen atoms in total. The maximum absolute atomic E-state index is 14.7. The lowest BCUT2D eigenvalue weighted by Crippen LogP contribution is -2.52. The fourth-order valence-electron chi connectivity index (χ4n) is 5.28. The molecule has 0 aliphatic carbocycles. The van der Waals surface area contributed by atoms with Gasteiger partial charge in [-0.15, -0.1) is 0 Å². The molecule has 1 amide bonds. The van der Waals surface area contributed by atoms with E-state index >= 15 is 0 Å². The summed E-state index contributed by atoms with van der Waals surface area (Å²) in [5.74, 6) is -10.5. The highest BCUT2D eigenvalue weighted by molar-refractivity contribution is 5.91. The normalized spacial score (nSPS) is 15.6. The van der Waals surface area contributed by atoms with Crippen LogP contribution in [0, 0.1) is 29.1 Å². The number of likely N-dealkylation sites (tertiary alicyclic amines) is 1. The number of ether oxygens (including phenoxy) is 1. The summed E-state index contributed by atoms with van der Waals surface area (Å²) in [5, 5.41) is 0. The topological polar surface area (TPSA) is 47.4 Å². The van der Waals surface area contributed by atoms with E-state index < -0.39 is 52.9 Å². The van der Waals surface area contributed by atoms with Crippen molar-refractivity contribution in [2.24, 2.45) is 7.05 Å². The highest BCUT2D eigenvalue weighted by Gasteiger charge is 2.50. The van der Waals surface area contributed by atoms with Crippen LogP contribution >= 0.6 is 0 Å². The number of halogens is 5. The Bertz CT molecular complexity index is 1430. The smallest absolute Gasteiger partial charge is 0.290 e. The van der Waals surface area contributed by atoms with Gasteiger partial charge in [0.05, 0.1) is 18.2 Å². The zero-order valence-electron chi connectivity index (χ0n) is 20.9. The molecule has 5 rings (SSSR count). The van der Waals surface area contributed by atoms with Gasteiger partial charge in [-0.25, -0.2) is 26.9 Å². The van der Waals surface area contributed by atoms with Gasteiger partial charge in [0.25, 0.3) is 5.91 Å². The minimum Gasteiger partial charge on any atom is -0.358 e. The summed E-state index contributed by atoms with van der Waals surface area (Å²) >= 11 is 0. The second-order valence-electron chi connectivity index (χ2n) is 9.32. The van der Waals surface area contributed by atoms with E-state index in [9.17, 15) is 26.7 Å². The number of hydrogen-bond donors (Lipinski definition) is 0. The van der Waals surface area contributed by atoms with E-state index in [2.05, 4.69) is 4.98 Å². The van der Waals surface area contributed by atoms with Gasteiger partial charge in [-0.2, -0.15) is 0 Å². The van der Waals surface area contributed by atoms with Crippen molar-refractivity contribution in [3.63, 3.8) is 0 Å². The molecule has 2 heterocycles. The number of carbonyl (C=O) groups excluding carboxylic acids is 1. The summed E-state index contributed by atoms with van der Waals surface area (Å²) in [4.78, 5) is 19.5. The first kappa shape index (κ1) is 26.6. The number of hydrogen-bond acceptors (Lipinski definition) is 3. The summed E-state index contributed by atoms with van der Waals surface area (Å²) in [6.07, 6.45) is 4.17. The third-order valence-corrected chi connectivity index (χ3v) is 7.15. The SMILES string of the molecule is Cn1ccnc1C(=O)N1CCC[C@@H]1C(OCc1c(F)c(F)c(F)c(F)c1F)(c1ccccc1)c1ccccc1. The molecule has 0 N–H and O–H groups in total. The molecule has 1 atom stereocenters. The zero-order chi connectivity index (χ0) is 27.7. The van der Waals surface area contributed by atoms with Crippen LogP contribution < -0.4 is 0 Å². The summed E-state index contributed by atoms with van der Waals surface area (Å²) in [6, 6.07) is 16.8. The molecule has 1 fully saturated rings. The Morgan fingerprint density at radius 1 is 0.897 bits per heavy atom. The van der Waals surface area contributed by atoms with Gasteiger partial charge < -0.3 is 14.2 Å². The zero-order valence-corrected chi connectivity index (χ0v) is 20.9. The van der Waals surface area contributed by atoms with Gasteiger partial charge in [0, 0.05) is 26.0 Å². The van der Waals surface area contributed by atoms with E-state index in [0.717, 1.165) is 0 Å². The molecule has 3 aromatic carbocycles. The number of nitrogens with zero attached hydrogens (tertiary/aromatic N) is 3. The first-order valence-corrected chi connectivity index (χ1v) is 12.3. The van der Waals surface area contributed by atoms with E-state index in [1.807, 2.05) is 0 Å². The standard InChI is InChI=1S/C29H24F5N3O2/c1-36-16-14-35-27(36)28(38)37-15-8-13-21(37)29(18-9-4-2-5-10-18,19-11-6-3-7-12-19)39-17-20-22(30)24(32)26(34)25(33)23(20)31/h2-7,9-12,14,16,21H,8,13,15,17H2,1H3/t21-/m1/s1. The van der Waals surface area contributed by atoms with Crippen LogP contribution in [0.5, 0.6) is 0 Å². The Labute approximate surface area is 221 Å². The molecule has 0 saturated carbocycles. The molecule has 1 aliphatic rings. The van der Waals surface area contributed by atoms with Crippen molar-refractivity contribution in [1.29, 1.82) is 0 Å². The predicted octanol–water partition coefficient (Wildman–Crippen LogP) is 5.88. The average Bonchev–Trinajstić information content (AvgIpc) is 3.63. The molecule has 1 saturated heterocycles. The van der Waals surface area contributed by atoms with Gasteiger partial charge in [0.1, 0.15) is 5.60 Å². The van der Waals surface area contributed by atoms with E-state index in [0.29, 0.717) is 30.5 Å². The summed E-state index contributed by atoms with van der Waals surface area (Å²) in [5.41, 5.74) is -1.53. The first-order valence-electron chi connectivity index (χ1n) is 12.3. The average molecular weight is 542 g/mol. The highest BCUT2D eigenvalue weighted by atomic mass is 19.2. The number of aryl methyl sites for hydroxylation is 1. The second-order valence-corrected chi connectivity index (χ2v) is 9.32. The van der Waals surface area contributed by atoms with Gasteiger partial charge in [-0.05, 0) is 24.0 Å². The molecule has 39 heavy (non-hydrogen) atoms. The largest absolute Gasteiger partial charge is 0.358 e. The number of imidazole rings is 1. The lowest BCUT2D eigenvalue weighted by atomic mass is 9.78. The third kappa shape index (κ3) is 4.48. The van der Waals surface area contributed by atoms with E-state index in [1.165, 1.54) is 6.20 Å². The molecule has 0 bridgehead atoms. The number of carbonyl (C=O) groups is 1. The maximum Gasteiger partial charge on any atom is 0.290 e. The van der Waals surface area contributed by atoms with Gasteiger partial charge in [-0.3, -0.25) is 4.79 Å². The minimum atomic E-state index is -2.24. The predicted molar refractivity (Wildman–Crippen MR) is 132 cm³/mol. The third-order valence-electron chi connectivity index (χ3n) is 7.15. The summed E-state index contributed by atoms with van der Waals surface area (Å²) in [6.45, 7) is -0.597. The molecule has 4 aromatic rings. The molecular formula is C29H24F5N3O2. The Hall–Kier alpha value is -4.05. The highest BCUT2D eigenvalue weighted by Crippen LogP contribution is 2.45. The summed E-state index contributed by atoms with van der Waals surface area (Å²) in [7, 11) is 1.69. The van der Waals surface area contributed by atoms with Gasteiger partial charge in [0.15, 0.2) is 29.1 Å². The van der Waals surface area contributed by atoms with E-state index in [4.69, 9.17) is 4.74 Å². The molecule has 0 spiro atoms. The van der Waals surface area contributed by atoms with Gasteiger partial charge >= 0.3 is 0 Å². The Kier molecular flexibility index (Phi) is 7.22. The van der Waals surface area contributed by atoms with Crippen LogP contribution in [0.4, 0.5) is 22.0 Å². The molecule has 1 aromatic heterocycles. The Morgan fingerprint density at radius 3 is 1.95 bits per heavy atom. The Morgan fingerprint density at radius 2 is 1.44 bits per heavy atom. The fraction of sp³-hybridized carbons (Fsp3) is 0.241. The molecule has 0 radical (unpaired) electrons. The van der Waals surface area contributed by atoms with Crippen LogP contribution in [0.2, 0.25) is 0 Å². The van der Waals surface area contributed by atoms with E-state index in [-0.39, 0.29) is 11.7 Å². The minimum absolute atomic E-state index is 0.191. The van der Waals surface area contributed by atoms with Gasteiger partial charge in [-0.1, -0.05) is 60.7 Å².